The monoisotopic (exact) mass is 414 g/mol. The van der Waals surface area contributed by atoms with Gasteiger partial charge in [0.1, 0.15) is 0 Å². The van der Waals surface area contributed by atoms with Crippen molar-refractivity contribution in [3.05, 3.63) is 71.1 Å². The van der Waals surface area contributed by atoms with E-state index in [1.165, 1.54) is 0 Å². The second-order valence-corrected chi connectivity index (χ2v) is 9.46. The summed E-state index contributed by atoms with van der Waals surface area (Å²) in [5.41, 5.74) is 9.27. The molecule has 0 bridgehead atoms. The third-order valence-corrected chi connectivity index (χ3v) is 7.58. The molecule has 3 rings (SSSR count). The van der Waals surface area contributed by atoms with Crippen LogP contribution in [0, 0.1) is 0 Å². The van der Waals surface area contributed by atoms with Gasteiger partial charge in [0.05, 0.1) is 16.5 Å². The van der Waals surface area contributed by atoms with E-state index in [9.17, 15) is 14.3 Å². The van der Waals surface area contributed by atoms with Crippen LogP contribution in [0.1, 0.15) is 36.2 Å². The van der Waals surface area contributed by atoms with Gasteiger partial charge in [-0.25, -0.2) is 0 Å². The Hall–Kier alpha value is -2.40. The summed E-state index contributed by atoms with van der Waals surface area (Å²) in [6.45, 7) is 3.64. The second kappa shape index (κ2) is 8.31. The number of rotatable bonds is 6. The van der Waals surface area contributed by atoms with E-state index in [0.717, 1.165) is 16.0 Å². The van der Waals surface area contributed by atoms with Crippen molar-refractivity contribution in [3.63, 3.8) is 0 Å². The second-order valence-electron chi connectivity index (χ2n) is 6.80. The molecule has 146 valence electrons. The summed E-state index contributed by atoms with van der Waals surface area (Å²) >= 11 is 1.62. The molecule has 2 unspecified atom stereocenters. The number of thiophene rings is 1. The molecule has 2 atom stereocenters. The summed E-state index contributed by atoms with van der Waals surface area (Å²) in [4.78, 5) is 23.4. The van der Waals surface area contributed by atoms with E-state index in [1.807, 2.05) is 36.6 Å². The highest BCUT2D eigenvalue weighted by Gasteiger charge is 2.30. The summed E-state index contributed by atoms with van der Waals surface area (Å²) in [6.07, 6.45) is 0.541. The Morgan fingerprint density at radius 1 is 1.21 bits per heavy atom. The van der Waals surface area contributed by atoms with Gasteiger partial charge in [-0.15, -0.1) is 11.3 Å². The van der Waals surface area contributed by atoms with E-state index in [-0.39, 0.29) is 5.91 Å². The molecule has 0 radical (unpaired) electrons. The Kier molecular flexibility index (Phi) is 6.04. The van der Waals surface area contributed by atoms with Crippen LogP contribution >= 0.6 is 19.4 Å². The number of carbonyl (C=O) groups is 1. The minimum atomic E-state index is -2.75. The molecule has 1 amide bonds. The van der Waals surface area contributed by atoms with Gasteiger partial charge in [0, 0.05) is 10.4 Å². The molecular formula is C21H23N2O3PS. The van der Waals surface area contributed by atoms with Crippen LogP contribution in [0.25, 0.3) is 10.4 Å². The van der Waals surface area contributed by atoms with Gasteiger partial charge in [-0.3, -0.25) is 9.36 Å². The Bertz CT molecular complexity index is 1000. The van der Waals surface area contributed by atoms with E-state index in [4.69, 9.17) is 5.73 Å². The van der Waals surface area contributed by atoms with Crippen molar-refractivity contribution in [3.8, 4) is 10.4 Å². The van der Waals surface area contributed by atoms with E-state index in [1.54, 1.807) is 48.6 Å². The smallest absolute Gasteiger partial charge is 0.255 e. The Labute approximate surface area is 169 Å². The van der Waals surface area contributed by atoms with Crippen LogP contribution < -0.4 is 11.1 Å². The van der Waals surface area contributed by atoms with Crippen LogP contribution in [-0.2, 0) is 9.72 Å². The van der Waals surface area contributed by atoms with Gasteiger partial charge in [0.25, 0.3) is 5.91 Å². The quantitative estimate of drug-likeness (QED) is 0.375. The van der Waals surface area contributed by atoms with Crippen molar-refractivity contribution in [1.29, 1.82) is 0 Å². The predicted molar refractivity (Wildman–Crippen MR) is 117 cm³/mol. The van der Waals surface area contributed by atoms with Gasteiger partial charge >= 0.3 is 0 Å². The van der Waals surface area contributed by atoms with Crippen molar-refractivity contribution in [2.75, 3.05) is 11.1 Å². The van der Waals surface area contributed by atoms with Crippen LogP contribution in [0.4, 0.5) is 11.4 Å². The average molecular weight is 414 g/mol. The van der Waals surface area contributed by atoms with E-state index in [0.29, 0.717) is 23.4 Å². The molecule has 0 spiro atoms. The SMILES string of the molecule is CCC(C)(c1ccc(C(=O)Nc2cc(-c3cccs3)ccc2N)cc1)[PH](=O)O. The first-order valence-electron chi connectivity index (χ1n) is 8.94. The van der Waals surface area contributed by atoms with Gasteiger partial charge in [-0.2, -0.15) is 0 Å². The zero-order chi connectivity index (χ0) is 20.3. The Morgan fingerprint density at radius 2 is 1.93 bits per heavy atom. The van der Waals surface area contributed by atoms with Gasteiger partial charge in [-0.1, -0.05) is 31.2 Å². The van der Waals surface area contributed by atoms with Gasteiger partial charge in [-0.05, 0) is 60.2 Å². The van der Waals surface area contributed by atoms with Crippen molar-refractivity contribution < 1.29 is 14.3 Å². The normalized spacial score (nSPS) is 14.2. The van der Waals surface area contributed by atoms with Crippen LogP contribution in [0.2, 0.25) is 0 Å². The van der Waals surface area contributed by atoms with Crippen molar-refractivity contribution in [2.24, 2.45) is 0 Å². The Balaban J connectivity index is 1.82. The maximum Gasteiger partial charge on any atom is 0.255 e. The zero-order valence-electron chi connectivity index (χ0n) is 15.7. The molecule has 5 nitrogen and oxygen atoms in total. The number of nitrogens with two attached hydrogens (primary N) is 1. The highest BCUT2D eigenvalue weighted by molar-refractivity contribution is 7.39. The fourth-order valence-electron chi connectivity index (χ4n) is 2.92. The molecule has 0 aliphatic rings. The lowest BCUT2D eigenvalue weighted by Crippen LogP contribution is -2.17. The fourth-order valence-corrected chi connectivity index (χ4v) is 4.36. The van der Waals surface area contributed by atoms with Crippen molar-refractivity contribution in [2.45, 2.75) is 25.4 Å². The zero-order valence-corrected chi connectivity index (χ0v) is 17.5. The first-order valence-corrected chi connectivity index (χ1v) is 11.2. The number of hydrogen-bond acceptors (Lipinski definition) is 4. The van der Waals surface area contributed by atoms with E-state index in [2.05, 4.69) is 5.32 Å². The molecule has 0 aliphatic heterocycles. The van der Waals surface area contributed by atoms with Gasteiger partial charge in [0.15, 0.2) is 8.03 Å². The number of nitrogens with one attached hydrogen (secondary N) is 1. The lowest BCUT2D eigenvalue weighted by Gasteiger charge is -2.25. The third-order valence-electron chi connectivity index (χ3n) is 5.07. The molecule has 1 aromatic heterocycles. The highest BCUT2D eigenvalue weighted by atomic mass is 32.1. The molecule has 0 saturated heterocycles. The lowest BCUT2D eigenvalue weighted by atomic mass is 9.96. The average Bonchev–Trinajstić information content (AvgIpc) is 3.23. The summed E-state index contributed by atoms with van der Waals surface area (Å²) < 4.78 is 11.8. The standard InChI is InChI=1S/C21H23N2O3PS/c1-3-21(2,27(25)26)16-9-6-14(7-10-16)20(24)23-18-13-15(8-11-17(18)22)19-5-4-12-28-19/h4-13,27H,3,22H2,1-2H3,(H,23,24)(H,25,26). The summed E-state index contributed by atoms with van der Waals surface area (Å²) in [5, 5.41) is 4.06. The molecule has 0 fully saturated rings. The molecule has 7 heteroatoms. The number of nitrogen functional groups attached to an aromatic ring is 1. The lowest BCUT2D eigenvalue weighted by molar-refractivity contribution is 0.102. The van der Waals surface area contributed by atoms with Crippen molar-refractivity contribution in [1.82, 2.24) is 0 Å². The number of amides is 1. The number of anilines is 2. The summed E-state index contributed by atoms with van der Waals surface area (Å²) in [6, 6.07) is 16.4. The van der Waals surface area contributed by atoms with Crippen LogP contribution in [0.5, 0.6) is 0 Å². The largest absolute Gasteiger partial charge is 0.397 e. The Morgan fingerprint density at radius 3 is 2.50 bits per heavy atom. The van der Waals surface area contributed by atoms with Crippen LogP contribution in [0.3, 0.4) is 0 Å². The molecule has 1 heterocycles. The summed E-state index contributed by atoms with van der Waals surface area (Å²) in [5.74, 6) is -0.281. The van der Waals surface area contributed by atoms with Crippen LogP contribution in [0.15, 0.2) is 60.0 Å². The van der Waals surface area contributed by atoms with E-state index < -0.39 is 13.2 Å². The summed E-state index contributed by atoms with van der Waals surface area (Å²) in [7, 11) is -2.75. The molecule has 0 aliphatic carbocycles. The maximum absolute atomic E-state index is 12.7. The maximum atomic E-state index is 12.7. The van der Waals surface area contributed by atoms with Gasteiger partial charge < -0.3 is 15.9 Å². The third kappa shape index (κ3) is 4.04. The molecule has 3 aromatic rings. The van der Waals surface area contributed by atoms with E-state index >= 15 is 0 Å². The fraction of sp³-hybridized carbons (Fsp3) is 0.190. The topological polar surface area (TPSA) is 92.4 Å². The molecule has 28 heavy (non-hydrogen) atoms. The van der Waals surface area contributed by atoms with Crippen LogP contribution in [-0.4, -0.2) is 10.8 Å². The number of carbonyl (C=O) groups excluding carboxylic acids is 1. The molecule has 2 aromatic carbocycles. The van der Waals surface area contributed by atoms with Gasteiger partial charge in [0.2, 0.25) is 0 Å². The predicted octanol–water partition coefficient (Wildman–Crippen LogP) is 5.34. The molecular weight excluding hydrogens is 391 g/mol. The first-order chi connectivity index (χ1) is 13.3. The number of hydrogen-bond donors (Lipinski definition) is 3. The minimum Gasteiger partial charge on any atom is -0.397 e. The first kappa shape index (κ1) is 20.3. The molecule has 4 N–H and O–H groups in total. The highest BCUT2D eigenvalue weighted by Crippen LogP contribution is 2.46. The molecule has 0 saturated carbocycles. The number of benzene rings is 2. The van der Waals surface area contributed by atoms with Crippen molar-refractivity contribution >= 4 is 36.6 Å². The minimum absolute atomic E-state index is 0.281.